The summed E-state index contributed by atoms with van der Waals surface area (Å²) in [5.41, 5.74) is 6.23. The largest absolute Gasteiger partial charge is 0.496 e. The fourth-order valence-corrected chi connectivity index (χ4v) is 4.16. The molecule has 0 bridgehead atoms. The minimum absolute atomic E-state index is 0.780. The Kier molecular flexibility index (Phi) is 4.74. The molecule has 0 aliphatic carbocycles. The number of para-hydroxylation sites is 1. The van der Waals surface area contributed by atoms with Gasteiger partial charge in [-0.3, -0.25) is 10.00 Å². The van der Waals surface area contributed by atoms with E-state index in [1.54, 1.807) is 7.11 Å². The molecule has 1 fully saturated rings. The van der Waals surface area contributed by atoms with E-state index in [1.165, 1.54) is 37.1 Å². The van der Waals surface area contributed by atoms with Crippen LogP contribution in [0, 0.1) is 0 Å². The zero-order valence-electron chi connectivity index (χ0n) is 16.6. The van der Waals surface area contributed by atoms with E-state index in [0.29, 0.717) is 0 Å². The number of hydrogen-bond donors (Lipinski definition) is 1. The fraction of sp³-hybridized carbons (Fsp3) is 0.250. The first-order valence-electron chi connectivity index (χ1n) is 10.1. The standard InChI is InChI=1S/C24H24N4O/c1-29-22-10-3-2-9-20(22)23-21-14-19(15-25-24(21)27-26-23)18-8-6-7-17(13-18)16-28-11-4-5-12-28/h2-3,6-10,13-15H,4-5,11-12,16H2,1H3,(H,25,26,27). The quantitative estimate of drug-likeness (QED) is 0.532. The van der Waals surface area contributed by atoms with Crippen LogP contribution in [0.1, 0.15) is 18.4 Å². The Balaban J connectivity index is 1.53. The van der Waals surface area contributed by atoms with E-state index in [4.69, 9.17) is 4.74 Å². The van der Waals surface area contributed by atoms with Crippen molar-refractivity contribution in [2.45, 2.75) is 19.4 Å². The van der Waals surface area contributed by atoms with Gasteiger partial charge in [-0.2, -0.15) is 5.10 Å². The number of aromatic amines is 1. The molecule has 0 amide bonds. The number of likely N-dealkylation sites (tertiary alicyclic amines) is 1. The van der Waals surface area contributed by atoms with E-state index < -0.39 is 0 Å². The summed E-state index contributed by atoms with van der Waals surface area (Å²) in [4.78, 5) is 7.15. The minimum Gasteiger partial charge on any atom is -0.496 e. The number of hydrogen-bond acceptors (Lipinski definition) is 4. The van der Waals surface area contributed by atoms with Crippen LogP contribution in [0.5, 0.6) is 5.75 Å². The molecule has 146 valence electrons. The molecule has 1 N–H and O–H groups in total. The maximum absolute atomic E-state index is 5.53. The van der Waals surface area contributed by atoms with Crippen LogP contribution in [0.15, 0.2) is 60.8 Å². The van der Waals surface area contributed by atoms with Gasteiger partial charge in [0.1, 0.15) is 11.4 Å². The number of H-pyrrole nitrogens is 1. The summed E-state index contributed by atoms with van der Waals surface area (Å²) in [7, 11) is 1.68. The van der Waals surface area contributed by atoms with E-state index in [1.807, 2.05) is 30.5 Å². The van der Waals surface area contributed by atoms with Crippen molar-refractivity contribution >= 4 is 11.0 Å². The zero-order valence-corrected chi connectivity index (χ0v) is 16.6. The van der Waals surface area contributed by atoms with Crippen LogP contribution < -0.4 is 4.74 Å². The third-order valence-corrected chi connectivity index (χ3v) is 5.64. The first kappa shape index (κ1) is 17.9. The Bertz CT molecular complexity index is 1140. The van der Waals surface area contributed by atoms with E-state index in [0.717, 1.165) is 40.1 Å². The van der Waals surface area contributed by atoms with Crippen molar-refractivity contribution < 1.29 is 4.74 Å². The summed E-state index contributed by atoms with van der Waals surface area (Å²) in [6.07, 6.45) is 4.54. The molecule has 2 aromatic heterocycles. The molecule has 0 saturated carbocycles. The molecule has 5 nitrogen and oxygen atoms in total. The number of fused-ring (bicyclic) bond motifs is 1. The first-order valence-corrected chi connectivity index (χ1v) is 10.1. The van der Waals surface area contributed by atoms with Crippen molar-refractivity contribution in [2.75, 3.05) is 20.2 Å². The van der Waals surface area contributed by atoms with Crippen LogP contribution in [0.4, 0.5) is 0 Å². The van der Waals surface area contributed by atoms with Crippen LogP contribution >= 0.6 is 0 Å². The molecule has 5 rings (SSSR count). The van der Waals surface area contributed by atoms with Crippen LogP contribution in [0.3, 0.4) is 0 Å². The van der Waals surface area contributed by atoms with Crippen LogP contribution in [0.25, 0.3) is 33.4 Å². The summed E-state index contributed by atoms with van der Waals surface area (Å²) in [6.45, 7) is 3.42. The highest BCUT2D eigenvalue weighted by Crippen LogP contribution is 2.34. The summed E-state index contributed by atoms with van der Waals surface area (Å²) in [5, 5.41) is 8.57. The van der Waals surface area contributed by atoms with Gasteiger partial charge in [0.15, 0.2) is 5.65 Å². The third-order valence-electron chi connectivity index (χ3n) is 5.64. The number of ether oxygens (including phenoxy) is 1. The highest BCUT2D eigenvalue weighted by atomic mass is 16.5. The molecule has 3 heterocycles. The summed E-state index contributed by atoms with van der Waals surface area (Å²) in [5.74, 6) is 0.805. The van der Waals surface area contributed by atoms with Crippen LogP contribution in [0.2, 0.25) is 0 Å². The van der Waals surface area contributed by atoms with Crippen LogP contribution in [-0.4, -0.2) is 40.3 Å². The normalized spacial score (nSPS) is 14.5. The Hall–Kier alpha value is -3.18. The highest BCUT2D eigenvalue weighted by Gasteiger charge is 2.15. The van der Waals surface area contributed by atoms with Gasteiger partial charge in [0.25, 0.3) is 0 Å². The number of rotatable bonds is 5. The second-order valence-corrected chi connectivity index (χ2v) is 7.58. The first-order chi connectivity index (χ1) is 14.3. The number of methoxy groups -OCH3 is 1. The second kappa shape index (κ2) is 7.68. The Labute approximate surface area is 170 Å². The fourth-order valence-electron chi connectivity index (χ4n) is 4.16. The van der Waals surface area contributed by atoms with Gasteiger partial charge in [0.05, 0.1) is 7.11 Å². The van der Waals surface area contributed by atoms with Gasteiger partial charge in [0, 0.05) is 29.3 Å². The van der Waals surface area contributed by atoms with Gasteiger partial charge in [-0.25, -0.2) is 4.98 Å². The maximum Gasteiger partial charge on any atom is 0.155 e. The van der Waals surface area contributed by atoms with E-state index in [-0.39, 0.29) is 0 Å². The van der Waals surface area contributed by atoms with Crippen molar-refractivity contribution in [2.24, 2.45) is 0 Å². The van der Waals surface area contributed by atoms with E-state index in [9.17, 15) is 0 Å². The predicted octanol–water partition coefficient (Wildman–Crippen LogP) is 4.90. The zero-order chi connectivity index (χ0) is 19.6. The molecule has 0 unspecified atom stereocenters. The van der Waals surface area contributed by atoms with E-state index in [2.05, 4.69) is 50.4 Å². The maximum atomic E-state index is 5.53. The van der Waals surface area contributed by atoms with Gasteiger partial charge < -0.3 is 4.74 Å². The summed E-state index contributed by atoms with van der Waals surface area (Å²) >= 11 is 0. The molecular formula is C24H24N4O. The molecule has 0 spiro atoms. The Morgan fingerprint density at radius 1 is 1.00 bits per heavy atom. The van der Waals surface area contributed by atoms with Gasteiger partial charge in [-0.15, -0.1) is 0 Å². The van der Waals surface area contributed by atoms with Gasteiger partial charge in [0.2, 0.25) is 0 Å². The van der Waals surface area contributed by atoms with Gasteiger partial charge in [-0.05, 0) is 61.3 Å². The molecule has 0 radical (unpaired) electrons. The van der Waals surface area contributed by atoms with Crippen molar-refractivity contribution in [1.29, 1.82) is 0 Å². The Morgan fingerprint density at radius 2 is 1.86 bits per heavy atom. The van der Waals surface area contributed by atoms with Crippen LogP contribution in [-0.2, 0) is 6.54 Å². The van der Waals surface area contributed by atoms with Gasteiger partial charge in [-0.1, -0.05) is 30.3 Å². The monoisotopic (exact) mass is 384 g/mol. The van der Waals surface area contributed by atoms with Gasteiger partial charge >= 0.3 is 0 Å². The average molecular weight is 384 g/mol. The average Bonchev–Trinajstić information content (AvgIpc) is 3.43. The summed E-state index contributed by atoms with van der Waals surface area (Å²) < 4.78 is 5.53. The highest BCUT2D eigenvalue weighted by molar-refractivity contribution is 5.94. The van der Waals surface area contributed by atoms with Crippen molar-refractivity contribution in [3.8, 4) is 28.1 Å². The van der Waals surface area contributed by atoms with Crippen molar-refractivity contribution in [1.82, 2.24) is 20.1 Å². The lowest BCUT2D eigenvalue weighted by Gasteiger charge is -2.15. The number of pyridine rings is 1. The lowest BCUT2D eigenvalue weighted by molar-refractivity contribution is 0.331. The van der Waals surface area contributed by atoms with Crippen molar-refractivity contribution in [3.05, 3.63) is 66.4 Å². The lowest BCUT2D eigenvalue weighted by atomic mass is 10.0. The molecule has 0 atom stereocenters. The number of aromatic nitrogens is 3. The molecule has 5 heteroatoms. The molecule has 1 saturated heterocycles. The smallest absolute Gasteiger partial charge is 0.155 e. The molecule has 2 aromatic carbocycles. The lowest BCUT2D eigenvalue weighted by Crippen LogP contribution is -2.18. The molecule has 1 aliphatic rings. The molecule has 4 aromatic rings. The van der Waals surface area contributed by atoms with E-state index >= 15 is 0 Å². The Morgan fingerprint density at radius 3 is 2.72 bits per heavy atom. The number of nitrogens with zero attached hydrogens (tertiary/aromatic N) is 3. The number of benzene rings is 2. The topological polar surface area (TPSA) is 54.0 Å². The minimum atomic E-state index is 0.780. The molecular weight excluding hydrogens is 360 g/mol. The summed E-state index contributed by atoms with van der Waals surface area (Å²) in [6, 6.07) is 18.9. The third kappa shape index (κ3) is 3.49. The molecule has 1 aliphatic heterocycles. The number of nitrogens with one attached hydrogen (secondary N) is 1. The van der Waals surface area contributed by atoms with Crippen molar-refractivity contribution in [3.63, 3.8) is 0 Å². The second-order valence-electron chi connectivity index (χ2n) is 7.58. The SMILES string of the molecule is COc1ccccc1-c1n[nH]c2ncc(-c3cccc(CN4CCCC4)c3)cc12. The predicted molar refractivity (Wildman–Crippen MR) is 116 cm³/mol. The molecule has 29 heavy (non-hydrogen) atoms.